The molecule has 31 heavy (non-hydrogen) atoms. The number of halogens is 3. The first-order valence-electron chi connectivity index (χ1n) is 9.81. The lowest BCUT2D eigenvalue weighted by molar-refractivity contribution is 0.461. The third-order valence-electron chi connectivity index (χ3n) is 5.38. The molecule has 0 amide bonds. The fourth-order valence-corrected chi connectivity index (χ4v) is 4.40. The fraction of sp³-hybridized carbons (Fsp3) is 0.174. The molecule has 0 bridgehead atoms. The van der Waals surface area contributed by atoms with Gasteiger partial charge in [-0.3, -0.25) is 0 Å². The minimum Gasteiger partial charge on any atom is -0.419 e. The Kier molecular flexibility index (Phi) is 5.34. The summed E-state index contributed by atoms with van der Waals surface area (Å²) in [7, 11) is 0. The average molecular weight is 472 g/mol. The highest BCUT2D eigenvalue weighted by Crippen LogP contribution is 2.37. The number of aromatic nitrogens is 4. The molecule has 4 aromatic rings. The summed E-state index contributed by atoms with van der Waals surface area (Å²) in [5.74, 6) is 1.25. The summed E-state index contributed by atoms with van der Waals surface area (Å²) < 4.78 is 7.82. The molecule has 0 saturated heterocycles. The molecule has 0 aliphatic heterocycles. The topological polar surface area (TPSA) is 56.7 Å². The van der Waals surface area contributed by atoms with Crippen molar-refractivity contribution in [3.8, 4) is 28.5 Å². The van der Waals surface area contributed by atoms with Gasteiger partial charge in [0.1, 0.15) is 0 Å². The Balaban J connectivity index is 1.67. The van der Waals surface area contributed by atoms with Gasteiger partial charge in [-0.1, -0.05) is 59.1 Å². The molecule has 0 spiro atoms. The van der Waals surface area contributed by atoms with E-state index in [0.29, 0.717) is 38.2 Å². The van der Waals surface area contributed by atoms with Crippen LogP contribution >= 0.6 is 34.8 Å². The number of hydrogen-bond acceptors (Lipinski definition) is 4. The van der Waals surface area contributed by atoms with Crippen molar-refractivity contribution in [3.63, 3.8) is 0 Å². The Morgan fingerprint density at radius 2 is 1.65 bits per heavy atom. The fourth-order valence-electron chi connectivity index (χ4n) is 3.79. The van der Waals surface area contributed by atoms with E-state index < -0.39 is 0 Å². The second kappa shape index (κ2) is 8.15. The second-order valence-corrected chi connectivity index (χ2v) is 8.70. The zero-order chi connectivity index (χ0) is 21.5. The number of hydrogen-bond donors (Lipinski definition) is 0. The lowest BCUT2D eigenvalue weighted by Gasteiger charge is -2.11. The Hall–Kier alpha value is -2.60. The molecular weight excluding hydrogens is 455 g/mol. The van der Waals surface area contributed by atoms with Crippen LogP contribution in [0.15, 0.2) is 59.0 Å². The molecule has 5 nitrogen and oxygen atoms in total. The van der Waals surface area contributed by atoms with Crippen LogP contribution in [0.25, 0.3) is 28.5 Å². The number of allylic oxidation sites excluding steroid dienone is 2. The normalized spacial score (nSPS) is 13.9. The van der Waals surface area contributed by atoms with Crippen LogP contribution in [0.1, 0.15) is 30.2 Å². The summed E-state index contributed by atoms with van der Waals surface area (Å²) in [4.78, 5) is 0. The maximum atomic E-state index is 6.52. The van der Waals surface area contributed by atoms with Crippen molar-refractivity contribution in [2.24, 2.45) is 0 Å². The first-order chi connectivity index (χ1) is 15.0. The Labute approximate surface area is 194 Å². The number of benzene rings is 2. The van der Waals surface area contributed by atoms with Crippen LogP contribution in [0.4, 0.5) is 0 Å². The smallest absolute Gasteiger partial charge is 0.268 e. The summed E-state index contributed by atoms with van der Waals surface area (Å²) in [6.45, 7) is 1.98. The summed E-state index contributed by atoms with van der Waals surface area (Å²) >= 11 is 18.7. The van der Waals surface area contributed by atoms with Crippen LogP contribution in [-0.2, 0) is 0 Å². The molecule has 2 heterocycles. The van der Waals surface area contributed by atoms with Crippen molar-refractivity contribution in [1.82, 2.24) is 20.0 Å². The summed E-state index contributed by atoms with van der Waals surface area (Å²) in [6, 6.07) is 12.9. The molecule has 2 aromatic heterocycles. The molecule has 0 radical (unpaired) electrons. The molecule has 0 atom stereocenters. The number of nitrogens with zero attached hydrogens (tertiary/aromatic N) is 4. The summed E-state index contributed by atoms with van der Waals surface area (Å²) in [5.41, 5.74) is 4.00. The van der Waals surface area contributed by atoms with Crippen molar-refractivity contribution >= 4 is 34.8 Å². The molecule has 8 heteroatoms. The third kappa shape index (κ3) is 3.78. The van der Waals surface area contributed by atoms with E-state index >= 15 is 0 Å². The van der Waals surface area contributed by atoms with Gasteiger partial charge >= 0.3 is 0 Å². The van der Waals surface area contributed by atoms with Crippen LogP contribution in [-0.4, -0.2) is 20.0 Å². The highest BCUT2D eigenvalue weighted by molar-refractivity contribution is 6.35. The van der Waals surface area contributed by atoms with Gasteiger partial charge in [0, 0.05) is 27.1 Å². The molecule has 2 aromatic carbocycles. The maximum absolute atomic E-state index is 6.52. The van der Waals surface area contributed by atoms with Gasteiger partial charge in [0.2, 0.25) is 5.89 Å². The minimum absolute atomic E-state index is 0.227. The zero-order valence-electron chi connectivity index (χ0n) is 16.5. The second-order valence-electron chi connectivity index (χ2n) is 7.42. The average Bonchev–Trinajstić information content (AvgIpc) is 3.48. The highest BCUT2D eigenvalue weighted by atomic mass is 35.5. The van der Waals surface area contributed by atoms with Gasteiger partial charge in [-0.2, -0.15) is 5.10 Å². The molecule has 0 N–H and O–H groups in total. The van der Waals surface area contributed by atoms with Gasteiger partial charge in [0.15, 0.2) is 5.69 Å². The summed E-state index contributed by atoms with van der Waals surface area (Å²) in [5, 5.41) is 15.1. The number of rotatable bonds is 4. The van der Waals surface area contributed by atoms with E-state index in [1.807, 2.05) is 37.3 Å². The lowest BCUT2D eigenvalue weighted by atomic mass is 10.1. The van der Waals surface area contributed by atoms with Crippen molar-refractivity contribution in [1.29, 1.82) is 0 Å². The third-order valence-corrected chi connectivity index (χ3v) is 6.17. The van der Waals surface area contributed by atoms with Crippen molar-refractivity contribution in [2.45, 2.75) is 25.7 Å². The van der Waals surface area contributed by atoms with E-state index in [2.05, 4.69) is 22.3 Å². The van der Waals surface area contributed by atoms with Crippen molar-refractivity contribution in [2.75, 3.05) is 0 Å². The minimum atomic E-state index is 0.227. The van der Waals surface area contributed by atoms with Gasteiger partial charge in [0.25, 0.3) is 5.89 Å². The Morgan fingerprint density at radius 1 is 0.935 bits per heavy atom. The first-order valence-corrected chi connectivity index (χ1v) is 10.9. The molecular formula is C23H17Cl3N4O. The molecule has 0 saturated carbocycles. The van der Waals surface area contributed by atoms with Crippen LogP contribution in [0.3, 0.4) is 0 Å². The predicted molar refractivity (Wildman–Crippen MR) is 123 cm³/mol. The molecule has 156 valence electrons. The lowest BCUT2D eigenvalue weighted by Crippen LogP contribution is -2.00. The molecule has 1 aliphatic carbocycles. The SMILES string of the molecule is Cc1c(-c2nnc(C3CC=CC3)o2)nn(-c2ccc(Cl)cc2Cl)c1-c1ccc(Cl)cc1. The van der Waals surface area contributed by atoms with Crippen molar-refractivity contribution in [3.05, 3.63) is 81.1 Å². The standard InChI is InChI=1S/C23H17Cl3N4O/c1-13-20(23-28-27-22(31-23)15-4-2-3-5-15)29-30(19-11-10-17(25)12-18(19)26)21(13)14-6-8-16(24)9-7-14/h2-3,6-12,15H,4-5H2,1H3. The van der Waals surface area contributed by atoms with Gasteiger partial charge in [-0.05, 0) is 50.1 Å². The van der Waals surface area contributed by atoms with E-state index in [1.165, 1.54) is 0 Å². The molecule has 1 aliphatic rings. The van der Waals surface area contributed by atoms with E-state index in [9.17, 15) is 0 Å². The van der Waals surface area contributed by atoms with Gasteiger partial charge < -0.3 is 4.42 Å². The largest absolute Gasteiger partial charge is 0.419 e. The molecule has 0 fully saturated rings. The van der Waals surface area contributed by atoms with E-state index in [1.54, 1.807) is 16.8 Å². The van der Waals surface area contributed by atoms with Crippen LogP contribution in [0.5, 0.6) is 0 Å². The zero-order valence-corrected chi connectivity index (χ0v) is 18.8. The van der Waals surface area contributed by atoms with Gasteiger partial charge in [0.05, 0.1) is 16.4 Å². The quantitative estimate of drug-likeness (QED) is 0.293. The van der Waals surface area contributed by atoms with Crippen LogP contribution in [0, 0.1) is 6.92 Å². The molecule has 5 rings (SSSR count). The van der Waals surface area contributed by atoms with Crippen LogP contribution in [0.2, 0.25) is 15.1 Å². The highest BCUT2D eigenvalue weighted by Gasteiger charge is 2.25. The van der Waals surface area contributed by atoms with E-state index in [0.717, 1.165) is 29.7 Å². The van der Waals surface area contributed by atoms with Gasteiger partial charge in [-0.15, -0.1) is 10.2 Å². The van der Waals surface area contributed by atoms with E-state index in [4.69, 9.17) is 44.3 Å². The first kappa shape index (κ1) is 20.3. The van der Waals surface area contributed by atoms with Crippen LogP contribution < -0.4 is 0 Å². The summed E-state index contributed by atoms with van der Waals surface area (Å²) in [6.07, 6.45) is 6.09. The van der Waals surface area contributed by atoms with E-state index in [-0.39, 0.29) is 5.92 Å². The maximum Gasteiger partial charge on any atom is 0.268 e. The molecule has 0 unspecified atom stereocenters. The Morgan fingerprint density at radius 3 is 2.35 bits per heavy atom. The predicted octanol–water partition coefficient (Wildman–Crippen LogP) is 7.29. The monoisotopic (exact) mass is 470 g/mol. The van der Waals surface area contributed by atoms with Gasteiger partial charge in [-0.25, -0.2) is 4.68 Å². The van der Waals surface area contributed by atoms with Crippen molar-refractivity contribution < 1.29 is 4.42 Å². The Bertz CT molecular complexity index is 1280.